The zero-order chi connectivity index (χ0) is 23.9. The molecule has 1 aliphatic heterocycles. The van der Waals surface area contributed by atoms with Crippen LogP contribution in [0.2, 0.25) is 0 Å². The van der Waals surface area contributed by atoms with E-state index in [-0.39, 0.29) is 42.0 Å². The van der Waals surface area contributed by atoms with Gasteiger partial charge in [0.15, 0.2) is 5.82 Å². The Bertz CT molecular complexity index is 1110. The number of thiophene rings is 1. The standard InChI is InChI=1S/C23H28N6O4S.Na/c30-18(13-21(32)33)14-24-22(19-7-4-12-34-19)23-25-26-27-29(23)10-3-8-20(31)28-11-9-16-5-1-2-6-17(16)15-28;/h1-2,4-7,12,18,22,24,30H,3,8-11,13-15H2,(H,32,33);/q;+1/p-1/t18?,22-;/m1./s1. The Kier molecular flexibility index (Phi) is 10.4. The molecule has 35 heavy (non-hydrogen) atoms. The largest absolute Gasteiger partial charge is 1.00 e. The number of aliphatic hydroxyl groups excluding tert-OH is 1. The summed E-state index contributed by atoms with van der Waals surface area (Å²) in [5, 5.41) is 37.8. The number of nitrogens with one attached hydrogen (secondary N) is 1. The molecule has 1 aromatic carbocycles. The Hall–Kier alpha value is -2.15. The van der Waals surface area contributed by atoms with Crippen LogP contribution in [0.15, 0.2) is 41.8 Å². The Morgan fingerprint density at radius 2 is 2.00 bits per heavy atom. The number of aromatic nitrogens is 4. The molecule has 2 atom stereocenters. The second-order valence-electron chi connectivity index (χ2n) is 8.28. The zero-order valence-electron chi connectivity index (χ0n) is 19.7. The van der Waals surface area contributed by atoms with Crippen molar-refractivity contribution >= 4 is 23.2 Å². The van der Waals surface area contributed by atoms with E-state index >= 15 is 0 Å². The van der Waals surface area contributed by atoms with E-state index in [0.29, 0.717) is 31.8 Å². The van der Waals surface area contributed by atoms with E-state index < -0.39 is 24.5 Å². The van der Waals surface area contributed by atoms with Crippen molar-refractivity contribution in [2.75, 3.05) is 13.1 Å². The van der Waals surface area contributed by atoms with Crippen molar-refractivity contribution in [2.24, 2.45) is 0 Å². The average Bonchev–Trinajstić information content (AvgIpc) is 3.51. The number of aliphatic hydroxyl groups is 1. The van der Waals surface area contributed by atoms with Crippen LogP contribution in [0.3, 0.4) is 0 Å². The number of amides is 1. The summed E-state index contributed by atoms with van der Waals surface area (Å²) >= 11 is 1.50. The summed E-state index contributed by atoms with van der Waals surface area (Å²) in [5.41, 5.74) is 2.51. The van der Waals surface area contributed by atoms with Crippen LogP contribution in [0.25, 0.3) is 0 Å². The van der Waals surface area contributed by atoms with Crippen molar-refractivity contribution in [2.45, 2.75) is 50.9 Å². The number of hydrogen-bond acceptors (Lipinski definition) is 9. The van der Waals surface area contributed by atoms with Crippen LogP contribution in [0, 0.1) is 0 Å². The number of fused-ring (bicyclic) bond motifs is 1. The minimum atomic E-state index is -1.31. The molecule has 3 heterocycles. The summed E-state index contributed by atoms with van der Waals surface area (Å²) in [6.45, 7) is 1.87. The maximum absolute atomic E-state index is 12.8. The van der Waals surface area contributed by atoms with E-state index in [9.17, 15) is 19.8 Å². The van der Waals surface area contributed by atoms with Crippen molar-refractivity contribution in [1.29, 1.82) is 0 Å². The maximum Gasteiger partial charge on any atom is 1.00 e. The molecule has 10 nitrogen and oxygen atoms in total. The molecule has 0 bridgehead atoms. The summed E-state index contributed by atoms with van der Waals surface area (Å²) in [4.78, 5) is 26.4. The molecule has 3 aromatic rings. The molecule has 0 saturated heterocycles. The van der Waals surface area contributed by atoms with Gasteiger partial charge in [-0.3, -0.25) is 4.79 Å². The number of hydrogen-bond donors (Lipinski definition) is 2. The minimum Gasteiger partial charge on any atom is -0.550 e. The van der Waals surface area contributed by atoms with Crippen LogP contribution in [0.5, 0.6) is 0 Å². The molecule has 1 aliphatic rings. The van der Waals surface area contributed by atoms with Gasteiger partial charge in [0.25, 0.3) is 0 Å². The van der Waals surface area contributed by atoms with Crippen LogP contribution >= 0.6 is 11.3 Å². The molecule has 2 N–H and O–H groups in total. The molecule has 0 fully saturated rings. The number of carbonyl (C=O) groups excluding carboxylic acids is 2. The van der Waals surface area contributed by atoms with Crippen LogP contribution in [-0.4, -0.2) is 61.3 Å². The number of nitrogens with zero attached hydrogens (tertiary/aromatic N) is 5. The molecule has 0 aliphatic carbocycles. The van der Waals surface area contributed by atoms with Crippen molar-refractivity contribution in [1.82, 2.24) is 30.4 Å². The second-order valence-corrected chi connectivity index (χ2v) is 9.26. The van der Waals surface area contributed by atoms with Crippen LogP contribution in [-0.2, 0) is 29.1 Å². The van der Waals surface area contributed by atoms with Gasteiger partial charge in [-0.1, -0.05) is 30.3 Å². The Morgan fingerprint density at radius 1 is 1.20 bits per heavy atom. The molecule has 0 saturated carbocycles. The quantitative estimate of drug-likeness (QED) is 0.268. The Morgan fingerprint density at radius 3 is 2.74 bits per heavy atom. The third-order valence-corrected chi connectivity index (χ3v) is 6.79. The number of tetrazole rings is 1. The van der Waals surface area contributed by atoms with Gasteiger partial charge < -0.3 is 25.2 Å². The molecule has 4 rings (SSSR count). The first-order valence-corrected chi connectivity index (χ1v) is 12.1. The third kappa shape index (κ3) is 7.42. The number of carboxylic acids is 1. The van der Waals surface area contributed by atoms with Crippen molar-refractivity contribution in [3.63, 3.8) is 0 Å². The number of carbonyl (C=O) groups is 2. The van der Waals surface area contributed by atoms with E-state index in [1.807, 2.05) is 34.5 Å². The molecule has 0 radical (unpaired) electrons. The van der Waals surface area contributed by atoms with Gasteiger partial charge in [0.05, 0.1) is 6.10 Å². The van der Waals surface area contributed by atoms with Gasteiger partial charge in [-0.05, 0) is 45.8 Å². The van der Waals surface area contributed by atoms with Gasteiger partial charge in [0.1, 0.15) is 6.04 Å². The number of carboxylic acid groups (broad SMARTS) is 1. The van der Waals surface area contributed by atoms with Gasteiger partial charge in [-0.15, -0.1) is 16.4 Å². The Labute approximate surface area is 229 Å². The number of aliphatic carboxylic acids is 1. The normalized spacial score (nSPS) is 14.6. The molecule has 12 heteroatoms. The first-order chi connectivity index (χ1) is 16.5. The summed E-state index contributed by atoms with van der Waals surface area (Å²) in [6, 6.07) is 11.6. The van der Waals surface area contributed by atoms with Crippen LogP contribution < -0.4 is 40.0 Å². The van der Waals surface area contributed by atoms with Crippen molar-refractivity contribution in [3.05, 3.63) is 63.6 Å². The van der Waals surface area contributed by atoms with Gasteiger partial charge >= 0.3 is 29.6 Å². The fraction of sp³-hybridized carbons (Fsp3) is 0.435. The fourth-order valence-corrected chi connectivity index (χ4v) is 4.91. The number of benzene rings is 1. The third-order valence-electron chi connectivity index (χ3n) is 5.85. The van der Waals surface area contributed by atoms with E-state index in [2.05, 4.69) is 33.0 Å². The SMILES string of the molecule is O=C([O-])CC(O)CN[C@H](c1cccs1)c1nnnn1CCCC(=O)N1CCc2ccccc2C1.[Na+]. The van der Waals surface area contributed by atoms with Gasteiger partial charge in [-0.2, -0.15) is 0 Å². The molecule has 180 valence electrons. The summed E-state index contributed by atoms with van der Waals surface area (Å²) < 4.78 is 1.65. The molecule has 0 spiro atoms. The monoisotopic (exact) mass is 506 g/mol. The molecular formula is C23H27N6NaO4S. The van der Waals surface area contributed by atoms with Gasteiger partial charge in [0, 0.05) is 49.9 Å². The van der Waals surface area contributed by atoms with Crippen molar-refractivity contribution in [3.8, 4) is 0 Å². The van der Waals surface area contributed by atoms with Gasteiger partial charge in [0.2, 0.25) is 5.91 Å². The molecule has 1 amide bonds. The van der Waals surface area contributed by atoms with Gasteiger partial charge in [-0.25, -0.2) is 4.68 Å². The van der Waals surface area contributed by atoms with E-state index in [1.54, 1.807) is 4.68 Å². The first-order valence-electron chi connectivity index (χ1n) is 11.3. The second kappa shape index (κ2) is 13.2. The van der Waals surface area contributed by atoms with E-state index in [1.165, 1.54) is 22.5 Å². The predicted molar refractivity (Wildman–Crippen MR) is 122 cm³/mol. The summed E-state index contributed by atoms with van der Waals surface area (Å²) in [7, 11) is 0. The topological polar surface area (TPSA) is 136 Å². The first kappa shape index (κ1) is 27.4. The average molecular weight is 507 g/mol. The minimum absolute atomic E-state index is 0. The zero-order valence-corrected chi connectivity index (χ0v) is 22.5. The predicted octanol–water partition coefficient (Wildman–Crippen LogP) is -2.72. The fourth-order valence-electron chi connectivity index (χ4n) is 4.12. The number of aryl methyl sites for hydroxylation is 1. The van der Waals surface area contributed by atoms with Crippen molar-refractivity contribution < 1.29 is 49.4 Å². The maximum atomic E-state index is 12.8. The smallest absolute Gasteiger partial charge is 0.550 e. The summed E-state index contributed by atoms with van der Waals surface area (Å²) in [6.07, 6.45) is 0.293. The van der Waals surface area contributed by atoms with Crippen LogP contribution in [0.1, 0.15) is 47.1 Å². The Balaban J connectivity index is 0.00000342. The molecule has 1 unspecified atom stereocenters. The van der Waals surface area contributed by atoms with Crippen LogP contribution in [0.4, 0.5) is 0 Å². The number of rotatable bonds is 11. The molecular weight excluding hydrogens is 479 g/mol. The van der Waals surface area contributed by atoms with E-state index in [4.69, 9.17) is 0 Å². The summed E-state index contributed by atoms with van der Waals surface area (Å²) in [5.74, 6) is -0.654. The van der Waals surface area contributed by atoms with E-state index in [0.717, 1.165) is 17.8 Å². The molecule has 2 aromatic heterocycles.